The topological polar surface area (TPSA) is 94.9 Å². The number of ether oxygens (including phenoxy) is 1. The summed E-state index contributed by atoms with van der Waals surface area (Å²) in [6.07, 6.45) is 13.8. The summed E-state index contributed by atoms with van der Waals surface area (Å²) in [5, 5.41) is 0. The van der Waals surface area contributed by atoms with Crippen LogP contribution >= 0.6 is 0 Å². The Morgan fingerprint density at radius 1 is 0.647 bits per heavy atom. The van der Waals surface area contributed by atoms with Crippen molar-refractivity contribution in [2.45, 2.75) is 103 Å². The van der Waals surface area contributed by atoms with Crippen LogP contribution in [0.25, 0.3) is 0 Å². The smallest absolute Gasteiger partial charge is 0.165 e. The Morgan fingerprint density at radius 2 is 1.14 bits per heavy atom. The van der Waals surface area contributed by atoms with Gasteiger partial charge in [-0.15, -0.1) is 0 Å². The van der Waals surface area contributed by atoms with E-state index in [0.717, 1.165) is 50.3 Å². The third kappa shape index (κ3) is 9.70. The van der Waals surface area contributed by atoms with E-state index in [1.807, 2.05) is 0 Å². The van der Waals surface area contributed by atoms with Crippen molar-refractivity contribution in [3.63, 3.8) is 0 Å². The lowest BCUT2D eigenvalue weighted by Gasteiger charge is -2.37. The molecule has 0 unspecified atom stereocenters. The van der Waals surface area contributed by atoms with Crippen LogP contribution in [0.5, 0.6) is 0 Å². The lowest BCUT2D eigenvalue weighted by Crippen LogP contribution is -2.37. The van der Waals surface area contributed by atoms with Crippen LogP contribution in [0, 0.1) is 23.3 Å². The van der Waals surface area contributed by atoms with Crippen LogP contribution in [-0.2, 0) is 28.4 Å². The standard InChI is InChI=1S/C20H22F2N2O.C19H20F2N2O2.CH4/c1-2-18(25)14-12-23-19(24-13-14)11-20(6-4-3-5-7-20)15-8-16(21)10-17(22)9-15;1-2-17(24)13-11-22-18(23-12-13)10-19(5-7-25-8-6-19)15-9-14(20)3-4-16(15)21;/h8-10,12-13H,2-7,11H2,1H3;3-4,9,11-12H,2,5-8,10H2,1H3;1H4. The van der Waals surface area contributed by atoms with E-state index in [9.17, 15) is 27.2 Å². The van der Waals surface area contributed by atoms with Gasteiger partial charge in [0.25, 0.3) is 0 Å². The van der Waals surface area contributed by atoms with Crippen molar-refractivity contribution in [1.29, 1.82) is 0 Å². The molecule has 51 heavy (non-hydrogen) atoms. The van der Waals surface area contributed by atoms with Crippen molar-refractivity contribution in [3.05, 3.63) is 118 Å². The number of halogens is 4. The molecule has 2 aliphatic rings. The molecular formula is C40H46F4N4O3. The van der Waals surface area contributed by atoms with Gasteiger partial charge in [-0.1, -0.05) is 40.5 Å². The average molecular weight is 707 g/mol. The molecule has 0 bridgehead atoms. The van der Waals surface area contributed by atoms with Crippen molar-refractivity contribution < 1.29 is 31.9 Å². The summed E-state index contributed by atoms with van der Waals surface area (Å²) in [6, 6.07) is 7.31. The molecule has 0 amide bonds. The Balaban J connectivity index is 0.000000224. The zero-order valence-electron chi connectivity index (χ0n) is 28.5. The summed E-state index contributed by atoms with van der Waals surface area (Å²) in [4.78, 5) is 40.6. The van der Waals surface area contributed by atoms with Crippen LogP contribution in [0.3, 0.4) is 0 Å². The van der Waals surface area contributed by atoms with Gasteiger partial charge in [0.2, 0.25) is 0 Å². The van der Waals surface area contributed by atoms with Crippen molar-refractivity contribution in [2.24, 2.45) is 0 Å². The molecule has 4 aromatic rings. The molecule has 0 atom stereocenters. The third-order valence-electron chi connectivity index (χ3n) is 9.93. The van der Waals surface area contributed by atoms with Crippen molar-refractivity contribution >= 4 is 11.6 Å². The third-order valence-corrected chi connectivity index (χ3v) is 9.93. The van der Waals surface area contributed by atoms with Crippen LogP contribution in [0.1, 0.15) is 123 Å². The largest absolute Gasteiger partial charge is 0.381 e. The van der Waals surface area contributed by atoms with Gasteiger partial charge < -0.3 is 4.74 Å². The van der Waals surface area contributed by atoms with Crippen LogP contribution in [0.15, 0.2) is 61.2 Å². The zero-order valence-corrected chi connectivity index (χ0v) is 28.5. The first-order valence-electron chi connectivity index (χ1n) is 17.2. The predicted molar refractivity (Wildman–Crippen MR) is 187 cm³/mol. The first kappa shape index (κ1) is 39.4. The second-order valence-electron chi connectivity index (χ2n) is 13.2. The van der Waals surface area contributed by atoms with E-state index >= 15 is 0 Å². The van der Waals surface area contributed by atoms with E-state index in [-0.39, 0.29) is 24.4 Å². The second kappa shape index (κ2) is 17.7. The molecule has 0 N–H and O–H groups in total. The normalized spacial score (nSPS) is 16.3. The first-order valence-corrected chi connectivity index (χ1v) is 17.2. The number of aromatic nitrogens is 4. The minimum absolute atomic E-state index is 0. The fraction of sp³-hybridized carbons (Fsp3) is 0.450. The molecule has 1 saturated carbocycles. The molecule has 0 spiro atoms. The van der Waals surface area contributed by atoms with Gasteiger partial charge in [-0.3, -0.25) is 9.59 Å². The summed E-state index contributed by atoms with van der Waals surface area (Å²) in [7, 11) is 0. The Kier molecular flexibility index (Phi) is 13.7. The van der Waals surface area contributed by atoms with E-state index < -0.39 is 28.7 Å². The fourth-order valence-corrected chi connectivity index (χ4v) is 7.06. The molecule has 0 radical (unpaired) electrons. The zero-order chi connectivity index (χ0) is 35.7. The van der Waals surface area contributed by atoms with Crippen molar-refractivity contribution in [1.82, 2.24) is 19.9 Å². The maximum Gasteiger partial charge on any atom is 0.165 e. The van der Waals surface area contributed by atoms with Crippen LogP contribution in [0.4, 0.5) is 17.6 Å². The lowest BCUT2D eigenvalue weighted by atomic mass is 9.67. The van der Waals surface area contributed by atoms with Crippen molar-refractivity contribution in [2.75, 3.05) is 13.2 Å². The summed E-state index contributed by atoms with van der Waals surface area (Å²) < 4.78 is 61.1. The monoisotopic (exact) mass is 706 g/mol. The number of benzene rings is 2. The van der Waals surface area contributed by atoms with Gasteiger partial charge in [0.05, 0.1) is 11.1 Å². The highest BCUT2D eigenvalue weighted by molar-refractivity contribution is 5.95. The van der Waals surface area contributed by atoms with Gasteiger partial charge >= 0.3 is 0 Å². The molecule has 1 aliphatic heterocycles. The van der Waals surface area contributed by atoms with E-state index in [1.165, 1.54) is 30.6 Å². The number of hydrogen-bond donors (Lipinski definition) is 0. The Labute approximate surface area is 297 Å². The quantitative estimate of drug-likeness (QED) is 0.120. The summed E-state index contributed by atoms with van der Waals surface area (Å²) >= 11 is 0. The molecule has 7 nitrogen and oxygen atoms in total. The number of ketones is 2. The molecule has 2 aromatic carbocycles. The minimum atomic E-state index is -0.610. The van der Waals surface area contributed by atoms with Crippen LogP contribution in [-0.4, -0.2) is 44.7 Å². The van der Waals surface area contributed by atoms with E-state index in [4.69, 9.17) is 4.74 Å². The van der Waals surface area contributed by atoms with E-state index in [0.29, 0.717) is 85.6 Å². The highest BCUT2D eigenvalue weighted by Gasteiger charge is 2.38. The highest BCUT2D eigenvalue weighted by Crippen LogP contribution is 2.42. The molecule has 1 aliphatic carbocycles. The lowest BCUT2D eigenvalue weighted by molar-refractivity contribution is 0.0479. The molecular weight excluding hydrogens is 660 g/mol. The molecule has 2 fully saturated rings. The summed E-state index contributed by atoms with van der Waals surface area (Å²) in [5.41, 5.74) is 1.03. The fourth-order valence-electron chi connectivity index (χ4n) is 7.06. The van der Waals surface area contributed by atoms with Crippen LogP contribution in [0.2, 0.25) is 0 Å². The molecule has 6 rings (SSSR count). The predicted octanol–water partition coefficient (Wildman–Crippen LogP) is 9.07. The molecule has 3 heterocycles. The summed E-state index contributed by atoms with van der Waals surface area (Å²) in [5.74, 6) is -0.894. The minimum Gasteiger partial charge on any atom is -0.381 e. The molecule has 272 valence electrons. The van der Waals surface area contributed by atoms with Gasteiger partial charge in [0, 0.05) is 80.6 Å². The number of hydrogen-bond acceptors (Lipinski definition) is 7. The number of nitrogens with zero attached hydrogens (tertiary/aromatic N) is 4. The molecule has 11 heteroatoms. The Morgan fingerprint density at radius 3 is 1.63 bits per heavy atom. The average Bonchev–Trinajstić information content (AvgIpc) is 3.13. The number of Topliss-reactive ketones (excluding diaryl/α,β-unsaturated/α-hetero) is 2. The number of carbonyl (C=O) groups excluding carboxylic acids is 2. The van der Waals surface area contributed by atoms with Gasteiger partial charge in [0.15, 0.2) is 11.6 Å². The highest BCUT2D eigenvalue weighted by atomic mass is 19.1. The maximum absolute atomic E-state index is 14.4. The van der Waals surface area contributed by atoms with E-state index in [2.05, 4.69) is 19.9 Å². The van der Waals surface area contributed by atoms with Gasteiger partial charge in [-0.2, -0.15) is 0 Å². The molecule has 2 aromatic heterocycles. The molecule has 1 saturated heterocycles. The number of carbonyl (C=O) groups is 2. The van der Waals surface area contributed by atoms with Crippen molar-refractivity contribution in [3.8, 4) is 0 Å². The van der Waals surface area contributed by atoms with E-state index in [1.54, 1.807) is 26.2 Å². The van der Waals surface area contributed by atoms with Gasteiger partial charge in [-0.05, 0) is 67.1 Å². The van der Waals surface area contributed by atoms with Gasteiger partial charge in [-0.25, -0.2) is 37.5 Å². The SMILES string of the molecule is C.CCC(=O)c1cnc(CC2(c3cc(F)cc(F)c3)CCCCC2)nc1.CCC(=O)c1cnc(CC2(c3cc(F)ccc3F)CCOCC2)nc1. The van der Waals surface area contributed by atoms with Crippen LogP contribution < -0.4 is 0 Å². The van der Waals surface area contributed by atoms with Gasteiger partial charge in [0.1, 0.15) is 34.9 Å². The Bertz CT molecular complexity index is 1750. The first-order chi connectivity index (χ1) is 24.1. The second-order valence-corrected chi connectivity index (χ2v) is 13.2. The summed E-state index contributed by atoms with van der Waals surface area (Å²) in [6.45, 7) is 4.52. The Hall–Kier alpha value is -4.38. The maximum atomic E-state index is 14.4. The number of rotatable bonds is 10.